The number of aromatic nitrogens is 1. The lowest BCUT2D eigenvalue weighted by molar-refractivity contribution is 0.172. The molecule has 1 fully saturated rings. The Hall–Kier alpha value is -1.81. The van der Waals surface area contributed by atoms with Gasteiger partial charge in [-0.3, -0.25) is 4.79 Å². The van der Waals surface area contributed by atoms with E-state index in [1.807, 2.05) is 30.3 Å². The van der Waals surface area contributed by atoms with Crippen LogP contribution in [0.25, 0.3) is 10.8 Å². The summed E-state index contributed by atoms with van der Waals surface area (Å²) in [6.45, 7) is 0.869. The number of aromatic amines is 1. The number of rotatable bonds is 4. The summed E-state index contributed by atoms with van der Waals surface area (Å²) in [6, 6.07) is 9.71. The first-order chi connectivity index (χ1) is 10.1. The average Bonchev–Trinajstić information content (AvgIpc) is 2.95. The van der Waals surface area contributed by atoms with Gasteiger partial charge in [0.1, 0.15) is 5.82 Å². The van der Waals surface area contributed by atoms with Crippen molar-refractivity contribution in [2.75, 3.05) is 26.0 Å². The van der Waals surface area contributed by atoms with E-state index in [0.29, 0.717) is 0 Å². The molecule has 0 radical (unpaired) electrons. The summed E-state index contributed by atoms with van der Waals surface area (Å²) in [5.74, 6) is 0.812. The van der Waals surface area contributed by atoms with Crippen LogP contribution in [-0.4, -0.2) is 36.1 Å². The maximum Gasteiger partial charge on any atom is 0.257 e. The Balaban J connectivity index is 1.83. The van der Waals surface area contributed by atoms with Crippen LogP contribution in [0.15, 0.2) is 35.1 Å². The topological polar surface area (TPSA) is 48.1 Å². The van der Waals surface area contributed by atoms with Crippen LogP contribution in [-0.2, 0) is 0 Å². The molecule has 0 saturated heterocycles. The fraction of sp³-hybridized carbons (Fsp3) is 0.471. The largest absolute Gasteiger partial charge is 0.370 e. The molecule has 1 aliphatic carbocycles. The molecule has 1 aromatic carbocycles. The third kappa shape index (κ3) is 2.68. The van der Waals surface area contributed by atoms with Crippen molar-refractivity contribution in [1.29, 1.82) is 0 Å². The van der Waals surface area contributed by atoms with Gasteiger partial charge in [-0.1, -0.05) is 31.0 Å². The molecule has 21 heavy (non-hydrogen) atoms. The van der Waals surface area contributed by atoms with Gasteiger partial charge < -0.3 is 15.2 Å². The fourth-order valence-corrected chi connectivity index (χ4v) is 3.38. The van der Waals surface area contributed by atoms with Crippen LogP contribution in [0.3, 0.4) is 0 Å². The van der Waals surface area contributed by atoms with E-state index < -0.39 is 0 Å². The number of benzene rings is 1. The second-order valence-corrected chi connectivity index (χ2v) is 6.28. The van der Waals surface area contributed by atoms with Crippen LogP contribution in [0.4, 0.5) is 5.82 Å². The lowest BCUT2D eigenvalue weighted by Gasteiger charge is -2.36. The van der Waals surface area contributed by atoms with E-state index in [1.165, 1.54) is 25.7 Å². The maximum atomic E-state index is 12.1. The molecule has 1 saturated carbocycles. The van der Waals surface area contributed by atoms with Gasteiger partial charge >= 0.3 is 0 Å². The van der Waals surface area contributed by atoms with Crippen molar-refractivity contribution >= 4 is 16.6 Å². The van der Waals surface area contributed by atoms with E-state index in [1.54, 1.807) is 0 Å². The predicted molar refractivity (Wildman–Crippen MR) is 87.9 cm³/mol. The summed E-state index contributed by atoms with van der Waals surface area (Å²) in [5, 5.41) is 5.17. The average molecular weight is 285 g/mol. The molecule has 0 spiro atoms. The molecule has 2 aromatic rings. The summed E-state index contributed by atoms with van der Waals surface area (Å²) in [7, 11) is 4.30. The van der Waals surface area contributed by atoms with Gasteiger partial charge in [0.2, 0.25) is 0 Å². The van der Waals surface area contributed by atoms with Gasteiger partial charge in [-0.15, -0.1) is 0 Å². The molecular formula is C17H23N3O. The molecule has 1 aromatic heterocycles. The molecule has 3 rings (SSSR count). The van der Waals surface area contributed by atoms with Gasteiger partial charge in [0.15, 0.2) is 0 Å². The zero-order valence-electron chi connectivity index (χ0n) is 12.8. The molecule has 1 heterocycles. The summed E-state index contributed by atoms with van der Waals surface area (Å²) < 4.78 is 0. The Labute approximate surface area is 125 Å². The summed E-state index contributed by atoms with van der Waals surface area (Å²) >= 11 is 0. The smallest absolute Gasteiger partial charge is 0.257 e. The van der Waals surface area contributed by atoms with Crippen LogP contribution < -0.4 is 10.9 Å². The SMILES string of the molecule is CN(C)C1(CNc2cc3ccccc3c(=O)[nH]2)CCCC1. The maximum absolute atomic E-state index is 12.1. The van der Waals surface area contributed by atoms with Crippen LogP contribution in [0, 0.1) is 0 Å². The lowest BCUT2D eigenvalue weighted by atomic mass is 9.96. The number of hydrogen-bond acceptors (Lipinski definition) is 3. The molecule has 2 N–H and O–H groups in total. The molecule has 4 heteroatoms. The number of hydrogen-bond donors (Lipinski definition) is 2. The van der Waals surface area contributed by atoms with Crippen LogP contribution in [0.1, 0.15) is 25.7 Å². The molecule has 0 unspecified atom stereocenters. The molecule has 0 amide bonds. The normalized spacial score (nSPS) is 17.5. The lowest BCUT2D eigenvalue weighted by Crippen LogP contribution is -2.47. The highest BCUT2D eigenvalue weighted by atomic mass is 16.1. The summed E-state index contributed by atoms with van der Waals surface area (Å²) in [4.78, 5) is 17.4. The van der Waals surface area contributed by atoms with Gasteiger partial charge in [0.05, 0.1) is 0 Å². The van der Waals surface area contributed by atoms with E-state index >= 15 is 0 Å². The Bertz CT molecular complexity index is 684. The van der Waals surface area contributed by atoms with Gasteiger partial charge in [0.25, 0.3) is 5.56 Å². The Kier molecular flexibility index (Phi) is 3.72. The van der Waals surface area contributed by atoms with Crippen molar-refractivity contribution < 1.29 is 0 Å². The molecule has 112 valence electrons. The minimum absolute atomic E-state index is 0.0269. The quantitative estimate of drug-likeness (QED) is 0.908. The first kappa shape index (κ1) is 14.1. The zero-order chi connectivity index (χ0) is 14.9. The number of pyridine rings is 1. The molecule has 1 aliphatic rings. The number of likely N-dealkylation sites (N-methyl/N-ethyl adjacent to an activating group) is 1. The van der Waals surface area contributed by atoms with Crippen molar-refractivity contribution in [2.45, 2.75) is 31.2 Å². The first-order valence-corrected chi connectivity index (χ1v) is 7.64. The second kappa shape index (κ2) is 5.53. The van der Waals surface area contributed by atoms with E-state index in [0.717, 1.165) is 23.1 Å². The van der Waals surface area contributed by atoms with E-state index in [9.17, 15) is 4.79 Å². The van der Waals surface area contributed by atoms with Crippen LogP contribution in [0.2, 0.25) is 0 Å². The molecule has 0 atom stereocenters. The minimum Gasteiger partial charge on any atom is -0.370 e. The molecular weight excluding hydrogens is 262 g/mol. The highest BCUT2D eigenvalue weighted by Crippen LogP contribution is 2.33. The van der Waals surface area contributed by atoms with Gasteiger partial charge in [0, 0.05) is 17.5 Å². The van der Waals surface area contributed by atoms with Crippen molar-refractivity contribution in [1.82, 2.24) is 9.88 Å². The Morgan fingerprint density at radius 3 is 2.67 bits per heavy atom. The second-order valence-electron chi connectivity index (χ2n) is 6.28. The van der Waals surface area contributed by atoms with Gasteiger partial charge in [-0.25, -0.2) is 0 Å². The van der Waals surface area contributed by atoms with Crippen LogP contribution >= 0.6 is 0 Å². The molecule has 0 aliphatic heterocycles. The van der Waals surface area contributed by atoms with E-state index in [4.69, 9.17) is 0 Å². The van der Waals surface area contributed by atoms with E-state index in [2.05, 4.69) is 29.3 Å². The number of nitrogens with one attached hydrogen (secondary N) is 2. The third-order valence-electron chi connectivity index (χ3n) is 4.84. The fourth-order valence-electron chi connectivity index (χ4n) is 3.38. The Morgan fingerprint density at radius 2 is 1.95 bits per heavy atom. The summed E-state index contributed by atoms with van der Waals surface area (Å²) in [5.41, 5.74) is 0.184. The summed E-state index contributed by atoms with van der Waals surface area (Å²) in [6.07, 6.45) is 5.00. The highest BCUT2D eigenvalue weighted by molar-refractivity contribution is 5.83. The molecule has 4 nitrogen and oxygen atoms in total. The minimum atomic E-state index is -0.0269. The zero-order valence-corrected chi connectivity index (χ0v) is 12.8. The van der Waals surface area contributed by atoms with E-state index in [-0.39, 0.29) is 11.1 Å². The first-order valence-electron chi connectivity index (χ1n) is 7.64. The Morgan fingerprint density at radius 1 is 1.24 bits per heavy atom. The molecule has 0 bridgehead atoms. The number of fused-ring (bicyclic) bond motifs is 1. The number of anilines is 1. The standard InChI is InChI=1S/C17H23N3O/c1-20(2)17(9-5-6-10-17)12-18-15-11-13-7-3-4-8-14(13)16(21)19-15/h3-4,7-8,11H,5-6,9-10,12H2,1-2H3,(H2,18,19,21). The van der Waals surface area contributed by atoms with Crippen LogP contribution in [0.5, 0.6) is 0 Å². The van der Waals surface area contributed by atoms with Crippen molar-refractivity contribution in [3.05, 3.63) is 40.7 Å². The van der Waals surface area contributed by atoms with Gasteiger partial charge in [-0.2, -0.15) is 0 Å². The third-order valence-corrected chi connectivity index (χ3v) is 4.84. The monoisotopic (exact) mass is 285 g/mol. The van der Waals surface area contributed by atoms with Gasteiger partial charge in [-0.05, 0) is 44.5 Å². The number of nitrogens with zero attached hydrogens (tertiary/aromatic N) is 1. The van der Waals surface area contributed by atoms with Crippen molar-refractivity contribution in [2.24, 2.45) is 0 Å². The highest BCUT2D eigenvalue weighted by Gasteiger charge is 2.35. The van der Waals surface area contributed by atoms with Crippen molar-refractivity contribution in [3.8, 4) is 0 Å². The number of H-pyrrole nitrogens is 1. The van der Waals surface area contributed by atoms with Crippen molar-refractivity contribution in [3.63, 3.8) is 0 Å². The predicted octanol–water partition coefficient (Wildman–Crippen LogP) is 2.81.